The molecule has 1 aliphatic rings. The van der Waals surface area contributed by atoms with E-state index in [1.54, 1.807) is 6.07 Å². The van der Waals surface area contributed by atoms with Crippen molar-refractivity contribution in [3.8, 4) is 0 Å². The molecule has 7 heteroatoms. The Bertz CT molecular complexity index is 839. The van der Waals surface area contributed by atoms with Crippen LogP contribution in [0.1, 0.15) is 29.8 Å². The van der Waals surface area contributed by atoms with Gasteiger partial charge in [-0.1, -0.05) is 23.5 Å². The molecule has 1 aromatic carbocycles. The number of hydrogen-bond acceptors (Lipinski definition) is 6. The summed E-state index contributed by atoms with van der Waals surface area (Å²) < 4.78 is 1.05. The van der Waals surface area contributed by atoms with Crippen LogP contribution in [0, 0.1) is 0 Å². The van der Waals surface area contributed by atoms with Crippen molar-refractivity contribution in [2.75, 3.05) is 23.3 Å². The molecule has 4 rings (SSSR count). The molecular weight excluding hydrogens is 322 g/mol. The molecule has 1 aliphatic heterocycles. The van der Waals surface area contributed by atoms with Crippen LogP contribution < -0.4 is 10.2 Å². The lowest BCUT2D eigenvalue weighted by Gasteiger charge is -2.27. The van der Waals surface area contributed by atoms with Crippen LogP contribution in [0.5, 0.6) is 0 Å². The lowest BCUT2D eigenvalue weighted by atomic mass is 10.1. The van der Waals surface area contributed by atoms with Crippen LogP contribution >= 0.6 is 11.3 Å². The molecule has 1 N–H and O–H groups in total. The number of benzene rings is 1. The van der Waals surface area contributed by atoms with Crippen LogP contribution in [0.25, 0.3) is 10.2 Å². The predicted octanol–water partition coefficient (Wildman–Crippen LogP) is 3.33. The normalized spacial score (nSPS) is 14.8. The van der Waals surface area contributed by atoms with Crippen molar-refractivity contribution in [2.24, 2.45) is 0 Å². The number of hydrogen-bond donors (Lipinski definition) is 1. The summed E-state index contributed by atoms with van der Waals surface area (Å²) >= 11 is 1.46. The number of nitrogens with zero attached hydrogens (tertiary/aromatic N) is 4. The molecule has 24 heavy (non-hydrogen) atoms. The summed E-state index contributed by atoms with van der Waals surface area (Å²) in [6, 6.07) is 9.57. The number of nitrogens with one attached hydrogen (secondary N) is 1. The average molecular weight is 339 g/mol. The molecule has 0 spiro atoms. The number of amides is 1. The molecule has 122 valence electrons. The van der Waals surface area contributed by atoms with Gasteiger partial charge in [0.15, 0.2) is 5.13 Å². The van der Waals surface area contributed by atoms with Crippen molar-refractivity contribution in [3.05, 3.63) is 42.4 Å². The molecule has 6 nitrogen and oxygen atoms in total. The minimum atomic E-state index is -0.255. The van der Waals surface area contributed by atoms with Crippen LogP contribution in [0.2, 0.25) is 0 Å². The summed E-state index contributed by atoms with van der Waals surface area (Å²) in [7, 11) is 0. The van der Waals surface area contributed by atoms with Crippen LogP contribution in [-0.4, -0.2) is 33.9 Å². The first-order valence-electron chi connectivity index (χ1n) is 8.03. The Labute approximate surface area is 143 Å². The fourth-order valence-corrected chi connectivity index (χ4v) is 3.71. The highest BCUT2D eigenvalue weighted by Gasteiger charge is 2.16. The Balaban J connectivity index is 1.53. The molecule has 0 bridgehead atoms. The lowest BCUT2D eigenvalue weighted by molar-refractivity contribution is 0.102. The number of thiazole rings is 1. The first kappa shape index (κ1) is 15.0. The monoisotopic (exact) mass is 339 g/mol. The van der Waals surface area contributed by atoms with E-state index in [1.165, 1.54) is 24.1 Å². The third-order valence-corrected chi connectivity index (χ3v) is 5.03. The molecule has 1 amide bonds. The Morgan fingerprint density at radius 1 is 1.12 bits per heavy atom. The summed E-state index contributed by atoms with van der Waals surface area (Å²) in [5, 5.41) is 3.42. The van der Waals surface area contributed by atoms with E-state index in [9.17, 15) is 4.79 Å². The maximum Gasteiger partial charge on any atom is 0.276 e. The van der Waals surface area contributed by atoms with Crippen molar-refractivity contribution in [1.29, 1.82) is 0 Å². The molecule has 2 aromatic heterocycles. The van der Waals surface area contributed by atoms with Crippen LogP contribution in [-0.2, 0) is 0 Å². The molecule has 0 unspecified atom stereocenters. The van der Waals surface area contributed by atoms with Gasteiger partial charge in [0.2, 0.25) is 0 Å². The van der Waals surface area contributed by atoms with Gasteiger partial charge in [0.05, 0.1) is 10.2 Å². The molecule has 1 fully saturated rings. The van der Waals surface area contributed by atoms with Crippen LogP contribution in [0.15, 0.2) is 36.7 Å². The minimum Gasteiger partial charge on any atom is -0.357 e. The molecule has 0 saturated carbocycles. The highest BCUT2D eigenvalue weighted by molar-refractivity contribution is 7.22. The number of carbonyl (C=O) groups is 1. The number of piperidine rings is 1. The lowest BCUT2D eigenvalue weighted by Crippen LogP contribution is -2.30. The summed E-state index contributed by atoms with van der Waals surface area (Å²) in [5.41, 5.74) is 1.25. The first-order valence-corrected chi connectivity index (χ1v) is 8.85. The third kappa shape index (κ3) is 3.07. The average Bonchev–Trinajstić information content (AvgIpc) is 3.05. The Kier molecular flexibility index (Phi) is 4.08. The van der Waals surface area contributed by atoms with Gasteiger partial charge in [0, 0.05) is 19.2 Å². The largest absolute Gasteiger partial charge is 0.357 e. The quantitative estimate of drug-likeness (QED) is 0.792. The van der Waals surface area contributed by atoms with Crippen LogP contribution in [0.4, 0.5) is 10.9 Å². The van der Waals surface area contributed by atoms with Gasteiger partial charge in [-0.05, 0) is 31.4 Å². The van der Waals surface area contributed by atoms with Gasteiger partial charge < -0.3 is 4.90 Å². The van der Waals surface area contributed by atoms with E-state index in [-0.39, 0.29) is 5.91 Å². The number of rotatable bonds is 3. The van der Waals surface area contributed by atoms with E-state index in [0.29, 0.717) is 10.8 Å². The second-order valence-electron chi connectivity index (χ2n) is 5.75. The fourth-order valence-electron chi connectivity index (χ4n) is 2.85. The Morgan fingerprint density at radius 2 is 1.96 bits per heavy atom. The zero-order valence-electron chi connectivity index (χ0n) is 13.1. The molecule has 0 atom stereocenters. The van der Waals surface area contributed by atoms with Gasteiger partial charge in [-0.3, -0.25) is 10.1 Å². The van der Waals surface area contributed by atoms with Gasteiger partial charge in [-0.15, -0.1) is 0 Å². The van der Waals surface area contributed by atoms with Crippen molar-refractivity contribution < 1.29 is 4.79 Å². The number of para-hydroxylation sites is 1. The maximum absolute atomic E-state index is 12.5. The van der Waals surface area contributed by atoms with Crippen molar-refractivity contribution in [2.45, 2.75) is 19.3 Å². The molecule has 0 radical (unpaired) electrons. The molecule has 1 saturated heterocycles. The van der Waals surface area contributed by atoms with Gasteiger partial charge in [-0.2, -0.15) is 0 Å². The Morgan fingerprint density at radius 3 is 2.79 bits per heavy atom. The van der Waals surface area contributed by atoms with E-state index in [4.69, 9.17) is 0 Å². The summed E-state index contributed by atoms with van der Waals surface area (Å²) in [6.45, 7) is 1.96. The van der Waals surface area contributed by atoms with E-state index in [0.717, 1.165) is 42.0 Å². The molecule has 3 heterocycles. The van der Waals surface area contributed by atoms with E-state index < -0.39 is 0 Å². The molecule has 0 aliphatic carbocycles. The van der Waals surface area contributed by atoms with E-state index >= 15 is 0 Å². The standard InChI is InChI=1S/C17H17N5OS/c23-16(21-17-20-12-6-2-3-7-14(12)24-17)13-10-15(19-11-18-13)22-8-4-1-5-9-22/h2-3,6-7,10-11H,1,4-5,8-9H2,(H,20,21,23). The summed E-state index contributed by atoms with van der Waals surface area (Å²) in [5.74, 6) is 0.564. The highest BCUT2D eigenvalue weighted by Crippen LogP contribution is 2.26. The third-order valence-electron chi connectivity index (χ3n) is 4.08. The van der Waals surface area contributed by atoms with Gasteiger partial charge in [0.25, 0.3) is 5.91 Å². The van der Waals surface area contributed by atoms with Crippen molar-refractivity contribution in [1.82, 2.24) is 15.0 Å². The zero-order valence-corrected chi connectivity index (χ0v) is 13.9. The highest BCUT2D eigenvalue weighted by atomic mass is 32.1. The van der Waals surface area contributed by atoms with Gasteiger partial charge in [0.1, 0.15) is 17.8 Å². The SMILES string of the molecule is O=C(Nc1nc2ccccc2s1)c1cc(N2CCCCC2)ncn1. The van der Waals surface area contributed by atoms with Crippen molar-refractivity contribution >= 4 is 38.4 Å². The molecular formula is C17H17N5OS. The number of aromatic nitrogens is 3. The Hall–Kier alpha value is -2.54. The zero-order chi connectivity index (χ0) is 16.4. The second-order valence-corrected chi connectivity index (χ2v) is 6.78. The van der Waals surface area contributed by atoms with Crippen LogP contribution in [0.3, 0.4) is 0 Å². The fraction of sp³-hybridized carbons (Fsp3) is 0.294. The smallest absolute Gasteiger partial charge is 0.276 e. The maximum atomic E-state index is 12.5. The number of anilines is 2. The topological polar surface area (TPSA) is 71.0 Å². The number of carbonyl (C=O) groups excluding carboxylic acids is 1. The van der Waals surface area contributed by atoms with Gasteiger partial charge >= 0.3 is 0 Å². The molecule has 3 aromatic rings. The van der Waals surface area contributed by atoms with Gasteiger partial charge in [-0.25, -0.2) is 15.0 Å². The second kappa shape index (κ2) is 6.52. The summed E-state index contributed by atoms with van der Waals surface area (Å²) in [4.78, 5) is 27.5. The number of fused-ring (bicyclic) bond motifs is 1. The van der Waals surface area contributed by atoms with E-state index in [1.807, 2.05) is 24.3 Å². The minimum absolute atomic E-state index is 0.255. The van der Waals surface area contributed by atoms with Crippen molar-refractivity contribution in [3.63, 3.8) is 0 Å². The predicted molar refractivity (Wildman–Crippen MR) is 95.7 cm³/mol. The van der Waals surface area contributed by atoms with E-state index in [2.05, 4.69) is 25.2 Å². The summed E-state index contributed by atoms with van der Waals surface area (Å²) in [6.07, 6.45) is 5.04. The first-order chi connectivity index (χ1) is 11.8.